The van der Waals surface area contributed by atoms with Crippen molar-refractivity contribution in [2.24, 2.45) is 5.10 Å². The Morgan fingerprint density at radius 2 is 1.43 bits per heavy atom. The molecule has 1 aliphatic heterocycles. The van der Waals surface area contributed by atoms with E-state index in [1.807, 2.05) is 92.0 Å². The molecule has 0 saturated heterocycles. The van der Waals surface area contributed by atoms with Crippen molar-refractivity contribution in [3.63, 3.8) is 0 Å². The van der Waals surface area contributed by atoms with Crippen LogP contribution in [0.1, 0.15) is 29.2 Å². The average molecular weight is 549 g/mol. The van der Waals surface area contributed by atoms with Crippen LogP contribution in [0, 0.1) is 6.92 Å². The highest BCUT2D eigenvalue weighted by molar-refractivity contribution is 7.89. The summed E-state index contributed by atoms with van der Waals surface area (Å²) >= 11 is 0. The van der Waals surface area contributed by atoms with Gasteiger partial charge in [-0.25, -0.2) is 4.68 Å². The number of methoxy groups -OCH3 is 1. The van der Waals surface area contributed by atoms with Crippen molar-refractivity contribution in [3.05, 3.63) is 132 Å². The maximum Gasteiger partial charge on any atom is 0.279 e. The molecule has 200 valence electrons. The number of ether oxygens (including phenoxy) is 1. The third-order valence-electron chi connectivity index (χ3n) is 7.03. The minimum absolute atomic E-state index is 0.190. The van der Waals surface area contributed by atoms with E-state index in [-0.39, 0.29) is 4.90 Å². The molecule has 1 aromatic heterocycles. The van der Waals surface area contributed by atoms with E-state index in [2.05, 4.69) is 0 Å². The molecule has 2 heterocycles. The van der Waals surface area contributed by atoms with E-state index in [1.54, 1.807) is 42.1 Å². The SMILES string of the molecule is COc1ccc(-c2nn(-c3ccccc3)cc2C2CC(c3ccc(C)cc3)=NN2S(=O)(=O)c2ccccc2)cc1. The van der Waals surface area contributed by atoms with Crippen LogP contribution in [0.3, 0.4) is 0 Å². The Morgan fingerprint density at radius 3 is 2.08 bits per heavy atom. The first-order valence-electron chi connectivity index (χ1n) is 13.0. The lowest BCUT2D eigenvalue weighted by molar-refractivity contribution is 0.372. The van der Waals surface area contributed by atoms with E-state index in [0.717, 1.165) is 33.7 Å². The first-order valence-corrected chi connectivity index (χ1v) is 14.4. The molecule has 1 atom stereocenters. The van der Waals surface area contributed by atoms with Crippen LogP contribution in [0.15, 0.2) is 125 Å². The molecule has 0 amide bonds. The maximum absolute atomic E-state index is 14.0. The number of rotatable bonds is 7. The van der Waals surface area contributed by atoms with Crippen LogP contribution in [0.4, 0.5) is 0 Å². The standard InChI is InChI=1S/C32H28N4O3S/c1-23-13-15-24(16-14-23)30-21-31(36(33-30)40(37,38)28-11-7-4-8-12-28)29-22-35(26-9-5-3-6-10-26)34-32(29)25-17-19-27(39-2)20-18-25/h3-20,22,31H,21H2,1-2H3. The van der Waals surface area contributed by atoms with Crippen molar-refractivity contribution in [3.8, 4) is 22.7 Å². The molecule has 6 rings (SSSR count). The zero-order valence-electron chi connectivity index (χ0n) is 22.2. The number of nitrogens with zero attached hydrogens (tertiary/aromatic N) is 4. The van der Waals surface area contributed by atoms with Crippen LogP contribution in [0.5, 0.6) is 5.75 Å². The van der Waals surface area contributed by atoms with Gasteiger partial charge in [0.1, 0.15) is 5.75 Å². The fourth-order valence-electron chi connectivity index (χ4n) is 4.88. The van der Waals surface area contributed by atoms with E-state index in [0.29, 0.717) is 17.8 Å². The van der Waals surface area contributed by atoms with Crippen LogP contribution < -0.4 is 4.74 Å². The van der Waals surface area contributed by atoms with Crippen molar-refractivity contribution in [2.45, 2.75) is 24.3 Å². The van der Waals surface area contributed by atoms with Gasteiger partial charge >= 0.3 is 0 Å². The number of hydrogen-bond donors (Lipinski definition) is 0. The van der Waals surface area contributed by atoms with Gasteiger partial charge in [-0.2, -0.15) is 23.0 Å². The normalized spacial score (nSPS) is 15.2. The highest BCUT2D eigenvalue weighted by Gasteiger charge is 2.40. The summed E-state index contributed by atoms with van der Waals surface area (Å²) in [6.45, 7) is 2.02. The van der Waals surface area contributed by atoms with E-state index in [1.165, 1.54) is 4.41 Å². The summed E-state index contributed by atoms with van der Waals surface area (Å²) in [4.78, 5) is 0.190. The second-order valence-corrected chi connectivity index (χ2v) is 11.5. The van der Waals surface area contributed by atoms with Gasteiger partial charge < -0.3 is 4.74 Å². The molecule has 1 aliphatic rings. The number of para-hydroxylation sites is 1. The Kier molecular flexibility index (Phi) is 6.69. The molecule has 0 bridgehead atoms. The predicted octanol–water partition coefficient (Wildman–Crippen LogP) is 6.40. The van der Waals surface area contributed by atoms with Gasteiger partial charge in [0.25, 0.3) is 10.0 Å². The van der Waals surface area contributed by atoms with E-state index in [4.69, 9.17) is 14.9 Å². The Bertz CT molecular complexity index is 1760. The molecule has 0 aliphatic carbocycles. The fourth-order valence-corrected chi connectivity index (χ4v) is 6.33. The maximum atomic E-state index is 14.0. The Morgan fingerprint density at radius 1 is 0.800 bits per heavy atom. The molecule has 40 heavy (non-hydrogen) atoms. The van der Waals surface area contributed by atoms with Crippen molar-refractivity contribution >= 4 is 15.7 Å². The van der Waals surface area contributed by atoms with Crippen molar-refractivity contribution in [1.82, 2.24) is 14.2 Å². The first kappa shape index (κ1) is 25.6. The van der Waals surface area contributed by atoms with E-state index in [9.17, 15) is 8.42 Å². The number of hydrogen-bond acceptors (Lipinski definition) is 5. The van der Waals surface area contributed by atoms with Gasteiger partial charge in [-0.05, 0) is 61.0 Å². The molecule has 4 aromatic carbocycles. The molecular formula is C32H28N4O3S. The molecule has 7 nitrogen and oxygen atoms in total. The van der Waals surface area contributed by atoms with Gasteiger partial charge in [0.15, 0.2) is 0 Å². The summed E-state index contributed by atoms with van der Waals surface area (Å²) in [5.74, 6) is 0.729. The second kappa shape index (κ2) is 10.5. The lowest BCUT2D eigenvalue weighted by Crippen LogP contribution is -2.27. The summed E-state index contributed by atoms with van der Waals surface area (Å²) in [6, 6.07) is 33.3. The monoisotopic (exact) mass is 548 g/mol. The zero-order valence-corrected chi connectivity index (χ0v) is 23.0. The molecule has 5 aromatic rings. The molecule has 0 fully saturated rings. The van der Waals surface area contributed by atoms with Gasteiger partial charge in [-0.15, -0.1) is 0 Å². The zero-order chi connectivity index (χ0) is 27.7. The number of aromatic nitrogens is 2. The highest BCUT2D eigenvalue weighted by Crippen LogP contribution is 2.41. The summed E-state index contributed by atoms with van der Waals surface area (Å²) in [7, 11) is -2.34. The number of hydrazone groups is 1. The topological polar surface area (TPSA) is 76.8 Å². The quantitative estimate of drug-likeness (QED) is 0.236. The lowest BCUT2D eigenvalue weighted by Gasteiger charge is -2.23. The van der Waals surface area contributed by atoms with E-state index < -0.39 is 16.1 Å². The van der Waals surface area contributed by atoms with Crippen LogP contribution in [-0.2, 0) is 10.0 Å². The van der Waals surface area contributed by atoms with Crippen LogP contribution in [0.25, 0.3) is 16.9 Å². The van der Waals surface area contributed by atoms with Crippen LogP contribution >= 0.6 is 0 Å². The Balaban J connectivity index is 1.52. The summed E-state index contributed by atoms with van der Waals surface area (Å²) in [6.07, 6.45) is 2.32. The molecule has 0 N–H and O–H groups in total. The molecule has 8 heteroatoms. The summed E-state index contributed by atoms with van der Waals surface area (Å²) in [5, 5.41) is 9.70. The third kappa shape index (κ3) is 4.78. The lowest BCUT2D eigenvalue weighted by atomic mass is 9.97. The van der Waals surface area contributed by atoms with Crippen molar-refractivity contribution in [1.29, 1.82) is 0 Å². The number of aryl methyl sites for hydroxylation is 1. The summed E-state index contributed by atoms with van der Waals surface area (Å²) < 4.78 is 36.5. The van der Waals surface area contributed by atoms with Gasteiger partial charge in [0.05, 0.1) is 35.1 Å². The molecule has 0 spiro atoms. The molecule has 0 saturated carbocycles. The number of benzene rings is 4. The largest absolute Gasteiger partial charge is 0.497 e. The average Bonchev–Trinajstić information content (AvgIpc) is 3.64. The Labute approximate surface area is 234 Å². The minimum Gasteiger partial charge on any atom is -0.497 e. The van der Waals surface area contributed by atoms with Crippen molar-refractivity contribution in [2.75, 3.05) is 7.11 Å². The molecule has 0 radical (unpaired) electrons. The Hall–Kier alpha value is -4.69. The van der Waals surface area contributed by atoms with Gasteiger partial charge in [-0.3, -0.25) is 0 Å². The van der Waals surface area contributed by atoms with Gasteiger partial charge in [-0.1, -0.05) is 66.2 Å². The first-order chi connectivity index (χ1) is 19.4. The van der Waals surface area contributed by atoms with Crippen molar-refractivity contribution < 1.29 is 13.2 Å². The second-order valence-electron chi connectivity index (χ2n) is 9.66. The third-order valence-corrected chi connectivity index (χ3v) is 8.73. The molecular weight excluding hydrogens is 520 g/mol. The van der Waals surface area contributed by atoms with E-state index >= 15 is 0 Å². The minimum atomic E-state index is -3.96. The highest BCUT2D eigenvalue weighted by atomic mass is 32.2. The van der Waals surface area contributed by atoms with Crippen LogP contribution in [-0.4, -0.2) is 35.4 Å². The molecule has 1 unspecified atom stereocenters. The fraction of sp³-hybridized carbons (Fsp3) is 0.125. The van der Waals surface area contributed by atoms with Gasteiger partial charge in [0.2, 0.25) is 0 Å². The van der Waals surface area contributed by atoms with Gasteiger partial charge in [0, 0.05) is 23.7 Å². The summed E-state index contributed by atoms with van der Waals surface area (Å²) in [5.41, 5.74) is 5.90. The smallest absolute Gasteiger partial charge is 0.279 e. The van der Waals surface area contributed by atoms with Crippen LogP contribution in [0.2, 0.25) is 0 Å². The number of sulfonamides is 1. The predicted molar refractivity (Wildman–Crippen MR) is 156 cm³/mol.